The summed E-state index contributed by atoms with van der Waals surface area (Å²) in [4.78, 5) is 27.0. The Morgan fingerprint density at radius 3 is 2.62 bits per heavy atom. The molecule has 7 heteroatoms. The van der Waals surface area contributed by atoms with Crippen LogP contribution in [0.4, 0.5) is 5.13 Å². The van der Waals surface area contributed by atoms with Crippen molar-refractivity contribution in [1.82, 2.24) is 4.98 Å². The Balaban J connectivity index is 0.00000128. The number of hydrogen-bond donors (Lipinski definition) is 2. The van der Waals surface area contributed by atoms with Gasteiger partial charge in [-0.1, -0.05) is 11.3 Å². The van der Waals surface area contributed by atoms with E-state index < -0.39 is 5.54 Å². The zero-order valence-electron chi connectivity index (χ0n) is 8.65. The van der Waals surface area contributed by atoms with Crippen LogP contribution in [0.1, 0.15) is 29.4 Å². The predicted molar refractivity (Wildman–Crippen MR) is 64.1 cm³/mol. The van der Waals surface area contributed by atoms with E-state index in [1.54, 1.807) is 0 Å². The van der Waals surface area contributed by atoms with Gasteiger partial charge in [-0.25, -0.2) is 4.98 Å². The molecule has 0 bridgehead atoms. The Kier molecular flexibility index (Phi) is 3.67. The average molecular weight is 262 g/mol. The number of aromatic nitrogens is 1. The second kappa shape index (κ2) is 4.48. The van der Waals surface area contributed by atoms with Gasteiger partial charge < -0.3 is 11.1 Å². The molecule has 1 amide bonds. The second-order valence-electron chi connectivity index (χ2n) is 3.70. The van der Waals surface area contributed by atoms with Crippen LogP contribution in [0.5, 0.6) is 0 Å². The van der Waals surface area contributed by atoms with Crippen LogP contribution in [0.15, 0.2) is 6.20 Å². The highest BCUT2D eigenvalue weighted by Gasteiger charge is 2.46. The summed E-state index contributed by atoms with van der Waals surface area (Å²) in [6, 6.07) is 0. The number of Topliss-reactive ketones (excluding diaryl/α,β-unsaturated/α-hetero) is 1. The van der Waals surface area contributed by atoms with E-state index in [0.29, 0.717) is 22.9 Å². The minimum atomic E-state index is -0.706. The Labute approximate surface area is 103 Å². The summed E-state index contributed by atoms with van der Waals surface area (Å²) in [5.74, 6) is -0.270. The van der Waals surface area contributed by atoms with Gasteiger partial charge in [0.1, 0.15) is 0 Å². The standard InChI is InChI=1S/C9H11N3O2S.ClH/c1-5(13)6-4-11-8(15-6)12-7(14)9(10)2-3-9;/h4H,2-3,10H2,1H3,(H,11,12,14);1H. The van der Waals surface area contributed by atoms with Crippen LogP contribution in [-0.4, -0.2) is 22.2 Å². The summed E-state index contributed by atoms with van der Waals surface area (Å²) in [6.07, 6.45) is 2.88. The van der Waals surface area contributed by atoms with Gasteiger partial charge in [0.25, 0.3) is 0 Å². The van der Waals surface area contributed by atoms with Gasteiger partial charge >= 0.3 is 0 Å². The number of amides is 1. The Morgan fingerprint density at radius 2 is 2.19 bits per heavy atom. The second-order valence-corrected chi connectivity index (χ2v) is 4.73. The summed E-state index contributed by atoms with van der Waals surface area (Å²) in [5, 5.41) is 3.04. The molecule has 1 aromatic rings. The zero-order valence-corrected chi connectivity index (χ0v) is 10.3. The van der Waals surface area contributed by atoms with Gasteiger partial charge in [-0.15, -0.1) is 12.4 Å². The van der Waals surface area contributed by atoms with Gasteiger partial charge in [0.05, 0.1) is 16.6 Å². The van der Waals surface area contributed by atoms with Gasteiger partial charge in [0.15, 0.2) is 10.9 Å². The fourth-order valence-corrected chi connectivity index (χ4v) is 1.78. The first-order chi connectivity index (χ1) is 7.01. The molecular weight excluding hydrogens is 250 g/mol. The van der Waals surface area contributed by atoms with E-state index in [0.717, 1.165) is 0 Å². The molecule has 2 rings (SSSR count). The topological polar surface area (TPSA) is 85.1 Å². The lowest BCUT2D eigenvalue weighted by molar-refractivity contribution is -0.118. The average Bonchev–Trinajstić information content (AvgIpc) is 2.76. The molecule has 1 saturated carbocycles. The Morgan fingerprint density at radius 1 is 1.56 bits per heavy atom. The van der Waals surface area contributed by atoms with Crippen molar-refractivity contribution < 1.29 is 9.59 Å². The van der Waals surface area contributed by atoms with Crippen molar-refractivity contribution in [3.8, 4) is 0 Å². The summed E-state index contributed by atoms with van der Waals surface area (Å²) in [6.45, 7) is 1.46. The van der Waals surface area contributed by atoms with Crippen molar-refractivity contribution in [2.45, 2.75) is 25.3 Å². The van der Waals surface area contributed by atoms with Gasteiger partial charge in [-0.2, -0.15) is 0 Å². The SMILES string of the molecule is CC(=O)c1cnc(NC(=O)C2(N)CC2)s1.Cl. The summed E-state index contributed by atoms with van der Waals surface area (Å²) in [7, 11) is 0. The minimum Gasteiger partial charge on any atom is -0.317 e. The van der Waals surface area contributed by atoms with Crippen molar-refractivity contribution in [3.63, 3.8) is 0 Å². The lowest BCUT2D eigenvalue weighted by Crippen LogP contribution is -2.37. The quantitative estimate of drug-likeness (QED) is 0.801. The molecule has 0 radical (unpaired) electrons. The molecule has 1 aromatic heterocycles. The van der Waals surface area contributed by atoms with Crippen LogP contribution in [-0.2, 0) is 4.79 Å². The van der Waals surface area contributed by atoms with E-state index >= 15 is 0 Å². The largest absolute Gasteiger partial charge is 0.317 e. The van der Waals surface area contributed by atoms with Crippen molar-refractivity contribution in [2.75, 3.05) is 5.32 Å². The lowest BCUT2D eigenvalue weighted by Gasteiger charge is -2.06. The molecule has 0 atom stereocenters. The first kappa shape index (κ1) is 13.1. The Bertz CT molecular complexity index is 428. The molecule has 1 aliphatic rings. The van der Waals surface area contributed by atoms with Gasteiger partial charge in [-0.3, -0.25) is 9.59 Å². The number of anilines is 1. The third-order valence-corrected chi connectivity index (χ3v) is 3.33. The molecule has 5 nitrogen and oxygen atoms in total. The van der Waals surface area contributed by atoms with Crippen LogP contribution in [0.25, 0.3) is 0 Å². The highest BCUT2D eigenvalue weighted by Crippen LogP contribution is 2.33. The fraction of sp³-hybridized carbons (Fsp3) is 0.444. The smallest absolute Gasteiger partial charge is 0.246 e. The molecule has 0 unspecified atom stereocenters. The maximum Gasteiger partial charge on any atom is 0.246 e. The normalized spacial score (nSPS) is 16.1. The molecule has 16 heavy (non-hydrogen) atoms. The molecule has 0 aromatic carbocycles. The number of nitrogens with two attached hydrogens (primary N) is 1. The van der Waals surface area contributed by atoms with Gasteiger partial charge in [-0.05, 0) is 12.8 Å². The fourth-order valence-electron chi connectivity index (χ4n) is 1.08. The van der Waals surface area contributed by atoms with Crippen molar-refractivity contribution in [1.29, 1.82) is 0 Å². The molecule has 0 spiro atoms. The number of thiazole rings is 1. The monoisotopic (exact) mass is 261 g/mol. The van der Waals surface area contributed by atoms with Crippen molar-refractivity contribution in [3.05, 3.63) is 11.1 Å². The third-order valence-electron chi connectivity index (χ3n) is 2.31. The van der Waals surface area contributed by atoms with Gasteiger partial charge in [0, 0.05) is 6.92 Å². The molecule has 1 heterocycles. The summed E-state index contributed by atoms with van der Waals surface area (Å²) in [5.41, 5.74) is 5.00. The number of ketones is 1. The molecule has 1 fully saturated rings. The van der Waals surface area contributed by atoms with Crippen LogP contribution < -0.4 is 11.1 Å². The van der Waals surface area contributed by atoms with E-state index in [9.17, 15) is 9.59 Å². The molecule has 88 valence electrons. The predicted octanol–water partition coefficient (Wildman–Crippen LogP) is 1.20. The van der Waals surface area contributed by atoms with Crippen LogP contribution in [0, 0.1) is 0 Å². The van der Waals surface area contributed by atoms with Gasteiger partial charge in [0.2, 0.25) is 5.91 Å². The minimum absolute atomic E-state index is 0. The Hall–Kier alpha value is -0.980. The van der Waals surface area contributed by atoms with E-state index in [-0.39, 0.29) is 24.1 Å². The van der Waals surface area contributed by atoms with Crippen molar-refractivity contribution >= 4 is 40.6 Å². The molecule has 1 aliphatic carbocycles. The van der Waals surface area contributed by atoms with E-state index in [1.807, 2.05) is 0 Å². The maximum atomic E-state index is 11.5. The molecule has 0 saturated heterocycles. The number of carbonyl (C=O) groups excluding carboxylic acids is 2. The zero-order chi connectivity index (χ0) is 11.1. The number of nitrogens with one attached hydrogen (secondary N) is 1. The van der Waals surface area contributed by atoms with Crippen LogP contribution in [0.2, 0.25) is 0 Å². The number of hydrogen-bond acceptors (Lipinski definition) is 5. The highest BCUT2D eigenvalue weighted by atomic mass is 35.5. The van der Waals surface area contributed by atoms with E-state index in [2.05, 4.69) is 10.3 Å². The molecular formula is C9H12ClN3O2S. The van der Waals surface area contributed by atoms with E-state index in [1.165, 1.54) is 24.5 Å². The maximum absolute atomic E-state index is 11.5. The number of carbonyl (C=O) groups is 2. The summed E-state index contributed by atoms with van der Waals surface area (Å²) < 4.78 is 0. The highest BCUT2D eigenvalue weighted by molar-refractivity contribution is 7.17. The lowest BCUT2D eigenvalue weighted by atomic mass is 10.3. The molecule has 0 aliphatic heterocycles. The third kappa shape index (κ3) is 2.58. The number of rotatable bonds is 3. The van der Waals surface area contributed by atoms with E-state index in [4.69, 9.17) is 5.73 Å². The molecule has 3 N–H and O–H groups in total. The first-order valence-corrected chi connectivity index (χ1v) is 5.40. The van der Waals surface area contributed by atoms with Crippen LogP contribution >= 0.6 is 23.7 Å². The number of halogens is 1. The van der Waals surface area contributed by atoms with Crippen LogP contribution in [0.3, 0.4) is 0 Å². The van der Waals surface area contributed by atoms with Crippen molar-refractivity contribution in [2.24, 2.45) is 5.73 Å². The summed E-state index contributed by atoms with van der Waals surface area (Å²) >= 11 is 1.17. The number of nitrogens with zero attached hydrogens (tertiary/aromatic N) is 1. The first-order valence-electron chi connectivity index (χ1n) is 4.58.